The molecule has 2 rings (SSSR count). The predicted molar refractivity (Wildman–Crippen MR) is 81.3 cm³/mol. The SMILES string of the molecule is CCNc1ncnc(NCCCN2CCOCC2)c1C. The van der Waals surface area contributed by atoms with E-state index in [9.17, 15) is 0 Å². The first-order valence-electron chi connectivity index (χ1n) is 7.40. The van der Waals surface area contributed by atoms with E-state index in [0.29, 0.717) is 0 Å². The minimum atomic E-state index is 0.866. The van der Waals surface area contributed by atoms with Crippen LogP contribution in [0.3, 0.4) is 0 Å². The molecule has 0 aliphatic carbocycles. The quantitative estimate of drug-likeness (QED) is 0.735. The summed E-state index contributed by atoms with van der Waals surface area (Å²) < 4.78 is 5.35. The highest BCUT2D eigenvalue weighted by molar-refractivity contribution is 5.56. The molecule has 1 aromatic heterocycles. The maximum atomic E-state index is 5.35. The number of nitrogens with zero attached hydrogens (tertiary/aromatic N) is 3. The fourth-order valence-corrected chi connectivity index (χ4v) is 2.31. The number of ether oxygens (including phenoxy) is 1. The molecule has 0 atom stereocenters. The van der Waals surface area contributed by atoms with Crippen molar-refractivity contribution in [3.8, 4) is 0 Å². The molecule has 0 aromatic carbocycles. The Kier molecular flexibility index (Phi) is 6.01. The summed E-state index contributed by atoms with van der Waals surface area (Å²) in [5.74, 6) is 1.84. The van der Waals surface area contributed by atoms with Crippen LogP contribution in [0.25, 0.3) is 0 Å². The Hall–Kier alpha value is -1.40. The van der Waals surface area contributed by atoms with E-state index in [2.05, 4.69) is 32.4 Å². The molecule has 6 heteroatoms. The molecule has 6 nitrogen and oxygen atoms in total. The number of nitrogens with one attached hydrogen (secondary N) is 2. The molecule has 0 saturated carbocycles. The molecule has 1 aliphatic heterocycles. The summed E-state index contributed by atoms with van der Waals surface area (Å²) in [6.45, 7) is 10.9. The summed E-state index contributed by atoms with van der Waals surface area (Å²) in [6.07, 6.45) is 2.72. The number of rotatable bonds is 7. The van der Waals surface area contributed by atoms with E-state index in [0.717, 1.165) is 69.6 Å². The minimum Gasteiger partial charge on any atom is -0.379 e. The number of hydrogen-bond donors (Lipinski definition) is 2. The topological polar surface area (TPSA) is 62.3 Å². The fraction of sp³-hybridized carbons (Fsp3) is 0.714. The molecule has 1 aromatic rings. The lowest BCUT2D eigenvalue weighted by molar-refractivity contribution is 0.0378. The lowest BCUT2D eigenvalue weighted by Crippen LogP contribution is -2.37. The second kappa shape index (κ2) is 8.01. The highest BCUT2D eigenvalue weighted by Gasteiger charge is 2.10. The van der Waals surface area contributed by atoms with Gasteiger partial charge in [-0.15, -0.1) is 0 Å². The minimum absolute atomic E-state index is 0.866. The van der Waals surface area contributed by atoms with Gasteiger partial charge < -0.3 is 15.4 Å². The Bertz CT molecular complexity index is 407. The standard InChI is InChI=1S/C14H25N5O/c1-3-15-13-12(2)14(18-11-17-13)16-5-4-6-19-7-9-20-10-8-19/h11H,3-10H2,1-2H3,(H2,15,16,17,18). The van der Waals surface area contributed by atoms with Crippen LogP contribution in [0.15, 0.2) is 6.33 Å². The molecule has 0 bridgehead atoms. The summed E-state index contributed by atoms with van der Waals surface area (Å²) in [5.41, 5.74) is 1.08. The Morgan fingerprint density at radius 1 is 1.20 bits per heavy atom. The zero-order valence-corrected chi connectivity index (χ0v) is 12.5. The lowest BCUT2D eigenvalue weighted by atomic mass is 10.3. The normalized spacial score (nSPS) is 16.1. The van der Waals surface area contributed by atoms with Gasteiger partial charge in [0, 0.05) is 31.7 Å². The molecule has 0 spiro atoms. The van der Waals surface area contributed by atoms with Crippen LogP contribution < -0.4 is 10.6 Å². The van der Waals surface area contributed by atoms with Crippen LogP contribution in [0, 0.1) is 6.92 Å². The summed E-state index contributed by atoms with van der Waals surface area (Å²) in [6, 6.07) is 0. The number of hydrogen-bond acceptors (Lipinski definition) is 6. The van der Waals surface area contributed by atoms with Crippen molar-refractivity contribution in [2.45, 2.75) is 20.3 Å². The first-order valence-corrected chi connectivity index (χ1v) is 7.40. The first-order chi connectivity index (χ1) is 9.81. The maximum absolute atomic E-state index is 5.35. The molecule has 0 amide bonds. The van der Waals surface area contributed by atoms with Gasteiger partial charge in [0.2, 0.25) is 0 Å². The molecule has 1 saturated heterocycles. The molecule has 20 heavy (non-hydrogen) atoms. The first kappa shape index (κ1) is 15.0. The van der Waals surface area contributed by atoms with E-state index in [-0.39, 0.29) is 0 Å². The predicted octanol–water partition coefficient (Wildman–Crippen LogP) is 1.35. The summed E-state index contributed by atoms with van der Waals surface area (Å²) in [4.78, 5) is 11.0. The maximum Gasteiger partial charge on any atom is 0.134 e. The van der Waals surface area contributed by atoms with Gasteiger partial charge in [-0.2, -0.15) is 0 Å². The van der Waals surface area contributed by atoms with Crippen LogP contribution in [0.5, 0.6) is 0 Å². The van der Waals surface area contributed by atoms with Crippen molar-refractivity contribution in [3.63, 3.8) is 0 Å². The van der Waals surface area contributed by atoms with Gasteiger partial charge >= 0.3 is 0 Å². The monoisotopic (exact) mass is 279 g/mol. The largest absolute Gasteiger partial charge is 0.379 e. The van der Waals surface area contributed by atoms with E-state index in [4.69, 9.17) is 4.74 Å². The summed E-state index contributed by atoms with van der Waals surface area (Å²) >= 11 is 0. The highest BCUT2D eigenvalue weighted by atomic mass is 16.5. The van der Waals surface area contributed by atoms with Gasteiger partial charge in [-0.1, -0.05) is 0 Å². The van der Waals surface area contributed by atoms with Crippen molar-refractivity contribution in [1.29, 1.82) is 0 Å². The van der Waals surface area contributed by atoms with Gasteiger partial charge in [0.25, 0.3) is 0 Å². The molecular formula is C14H25N5O. The highest BCUT2D eigenvalue weighted by Crippen LogP contribution is 2.17. The van der Waals surface area contributed by atoms with Gasteiger partial charge in [-0.05, 0) is 26.8 Å². The molecule has 0 radical (unpaired) electrons. The van der Waals surface area contributed by atoms with E-state index in [1.54, 1.807) is 6.33 Å². The van der Waals surface area contributed by atoms with Crippen molar-refractivity contribution < 1.29 is 4.74 Å². The van der Waals surface area contributed by atoms with Crippen LogP contribution in [0.4, 0.5) is 11.6 Å². The van der Waals surface area contributed by atoms with Gasteiger partial charge in [-0.3, -0.25) is 4.90 Å². The lowest BCUT2D eigenvalue weighted by Gasteiger charge is -2.26. The summed E-state index contributed by atoms with van der Waals surface area (Å²) in [7, 11) is 0. The van der Waals surface area contributed by atoms with Gasteiger partial charge in [0.05, 0.1) is 13.2 Å². The zero-order chi connectivity index (χ0) is 14.2. The van der Waals surface area contributed by atoms with Crippen molar-refractivity contribution in [1.82, 2.24) is 14.9 Å². The van der Waals surface area contributed by atoms with Gasteiger partial charge in [0.1, 0.15) is 18.0 Å². The van der Waals surface area contributed by atoms with E-state index < -0.39 is 0 Å². The van der Waals surface area contributed by atoms with Crippen molar-refractivity contribution in [3.05, 3.63) is 11.9 Å². The van der Waals surface area contributed by atoms with Crippen LogP contribution in [0.2, 0.25) is 0 Å². The third kappa shape index (κ3) is 4.31. The Morgan fingerprint density at radius 3 is 2.60 bits per heavy atom. The Labute approximate surface area is 120 Å². The van der Waals surface area contributed by atoms with Crippen LogP contribution in [0.1, 0.15) is 18.9 Å². The average molecular weight is 279 g/mol. The summed E-state index contributed by atoms with van der Waals surface area (Å²) in [5, 5.41) is 6.65. The van der Waals surface area contributed by atoms with Crippen LogP contribution in [-0.4, -0.2) is 60.8 Å². The van der Waals surface area contributed by atoms with E-state index >= 15 is 0 Å². The van der Waals surface area contributed by atoms with Crippen LogP contribution in [-0.2, 0) is 4.74 Å². The van der Waals surface area contributed by atoms with Crippen molar-refractivity contribution in [2.75, 3.05) is 56.6 Å². The molecule has 1 aliphatic rings. The van der Waals surface area contributed by atoms with Crippen molar-refractivity contribution >= 4 is 11.6 Å². The van der Waals surface area contributed by atoms with E-state index in [1.807, 2.05) is 6.92 Å². The van der Waals surface area contributed by atoms with Crippen molar-refractivity contribution in [2.24, 2.45) is 0 Å². The molecule has 2 heterocycles. The second-order valence-electron chi connectivity index (χ2n) is 4.96. The molecule has 0 unspecified atom stereocenters. The number of anilines is 2. The number of aromatic nitrogens is 2. The number of morpholine rings is 1. The van der Waals surface area contributed by atoms with Gasteiger partial charge in [-0.25, -0.2) is 9.97 Å². The second-order valence-corrected chi connectivity index (χ2v) is 4.96. The van der Waals surface area contributed by atoms with E-state index in [1.165, 1.54) is 0 Å². The molecule has 2 N–H and O–H groups in total. The van der Waals surface area contributed by atoms with Crippen LogP contribution >= 0.6 is 0 Å². The molecular weight excluding hydrogens is 254 g/mol. The Balaban J connectivity index is 1.74. The average Bonchev–Trinajstić information content (AvgIpc) is 2.48. The molecule has 112 valence electrons. The Morgan fingerprint density at radius 2 is 1.90 bits per heavy atom. The molecule has 1 fully saturated rings. The fourth-order valence-electron chi connectivity index (χ4n) is 2.31. The third-order valence-electron chi connectivity index (χ3n) is 3.48. The zero-order valence-electron chi connectivity index (χ0n) is 12.5. The smallest absolute Gasteiger partial charge is 0.134 e. The van der Waals surface area contributed by atoms with Gasteiger partial charge in [0.15, 0.2) is 0 Å². The third-order valence-corrected chi connectivity index (χ3v) is 3.48.